The fourth-order valence-electron chi connectivity index (χ4n) is 4.24. The van der Waals surface area contributed by atoms with Crippen LogP contribution in [0.4, 0.5) is 0 Å². The number of aromatic carboxylic acids is 1. The summed E-state index contributed by atoms with van der Waals surface area (Å²) < 4.78 is 10.7. The Hall–Kier alpha value is -4.26. The van der Waals surface area contributed by atoms with Gasteiger partial charge in [0.15, 0.2) is 17.3 Å². The molecule has 3 aromatic rings. The summed E-state index contributed by atoms with van der Waals surface area (Å²) in [5.41, 5.74) is 3.04. The number of rotatable bonds is 8. The number of aliphatic hydroxyl groups is 1. The van der Waals surface area contributed by atoms with Crippen molar-refractivity contribution in [2.45, 2.75) is 12.5 Å². The summed E-state index contributed by atoms with van der Waals surface area (Å²) >= 11 is 0. The number of nitrogens with zero attached hydrogens (tertiary/aromatic N) is 1. The minimum absolute atomic E-state index is 0.152. The minimum atomic E-state index is -1.03. The zero-order chi connectivity index (χ0) is 24.2. The van der Waals surface area contributed by atoms with Crippen molar-refractivity contribution in [3.63, 3.8) is 0 Å². The molecular weight excluding hydrogens is 434 g/mol. The van der Waals surface area contributed by atoms with Gasteiger partial charge in [-0.25, -0.2) is 4.79 Å². The van der Waals surface area contributed by atoms with E-state index in [9.17, 15) is 19.8 Å². The predicted molar refractivity (Wildman–Crippen MR) is 127 cm³/mol. The van der Waals surface area contributed by atoms with Crippen LogP contribution >= 0.6 is 0 Å². The van der Waals surface area contributed by atoms with Gasteiger partial charge >= 0.3 is 5.97 Å². The number of aliphatic hydroxyl groups excluding tert-OH is 1. The van der Waals surface area contributed by atoms with Gasteiger partial charge in [0, 0.05) is 12.1 Å². The number of benzene rings is 3. The first-order valence-electron chi connectivity index (χ1n) is 10.8. The molecule has 0 saturated heterocycles. The third-order valence-electron chi connectivity index (χ3n) is 5.95. The van der Waals surface area contributed by atoms with E-state index in [1.54, 1.807) is 31.3 Å². The van der Waals surface area contributed by atoms with Crippen molar-refractivity contribution < 1.29 is 29.3 Å². The van der Waals surface area contributed by atoms with Crippen LogP contribution in [0.2, 0.25) is 0 Å². The van der Waals surface area contributed by atoms with Crippen molar-refractivity contribution >= 4 is 17.4 Å². The molecule has 0 spiro atoms. The zero-order valence-corrected chi connectivity index (χ0v) is 18.9. The van der Waals surface area contributed by atoms with Gasteiger partial charge < -0.3 is 24.6 Å². The fourth-order valence-corrected chi connectivity index (χ4v) is 4.24. The summed E-state index contributed by atoms with van der Waals surface area (Å²) in [6, 6.07) is 20.6. The molecule has 0 unspecified atom stereocenters. The number of carboxylic acid groups (broad SMARTS) is 1. The van der Waals surface area contributed by atoms with Crippen LogP contribution in [0.15, 0.2) is 78.6 Å². The molecule has 1 amide bonds. The van der Waals surface area contributed by atoms with Crippen molar-refractivity contribution in [2.24, 2.45) is 0 Å². The number of amides is 1. The molecule has 174 valence electrons. The standard InChI is InChI=1S/C27H25NO6/c1-33-21-13-8-17(16-22(21)34-2)14-15-28-24(19-9-11-20(12-10-19)27(31)32)23(25(29)26(28)30)18-6-4-3-5-7-18/h3-13,16,24,29H,14-15H2,1-2H3,(H,31,32)/t24-/m1/s1. The van der Waals surface area contributed by atoms with Gasteiger partial charge in [-0.2, -0.15) is 0 Å². The Balaban J connectivity index is 1.69. The van der Waals surface area contributed by atoms with Crippen LogP contribution in [-0.4, -0.2) is 47.8 Å². The van der Waals surface area contributed by atoms with Crippen LogP contribution in [0.1, 0.15) is 33.1 Å². The van der Waals surface area contributed by atoms with Gasteiger partial charge in [-0.1, -0.05) is 48.5 Å². The van der Waals surface area contributed by atoms with Crippen LogP contribution in [-0.2, 0) is 11.2 Å². The Labute approximate surface area is 197 Å². The summed E-state index contributed by atoms with van der Waals surface area (Å²) in [5, 5.41) is 20.1. The summed E-state index contributed by atoms with van der Waals surface area (Å²) in [4.78, 5) is 26.1. The van der Waals surface area contributed by atoms with Crippen LogP contribution in [0, 0.1) is 0 Å². The Morgan fingerprint density at radius 3 is 2.24 bits per heavy atom. The second-order valence-electron chi connectivity index (χ2n) is 7.90. The maximum atomic E-state index is 13.2. The lowest BCUT2D eigenvalue weighted by molar-refractivity contribution is -0.129. The predicted octanol–water partition coefficient (Wildman–Crippen LogP) is 4.50. The molecule has 7 nitrogen and oxygen atoms in total. The van der Waals surface area contributed by atoms with Gasteiger partial charge in [0.05, 0.1) is 25.8 Å². The third-order valence-corrected chi connectivity index (χ3v) is 5.95. The number of ether oxygens (including phenoxy) is 2. The first-order valence-corrected chi connectivity index (χ1v) is 10.8. The largest absolute Gasteiger partial charge is 0.503 e. The highest BCUT2D eigenvalue weighted by atomic mass is 16.5. The maximum Gasteiger partial charge on any atom is 0.335 e. The fraction of sp³-hybridized carbons (Fsp3) is 0.185. The number of carbonyl (C=O) groups excluding carboxylic acids is 1. The molecule has 0 radical (unpaired) electrons. The molecule has 0 aliphatic carbocycles. The molecule has 4 rings (SSSR count). The molecule has 1 atom stereocenters. The molecule has 0 fully saturated rings. The summed E-state index contributed by atoms with van der Waals surface area (Å²) in [6.45, 7) is 0.333. The maximum absolute atomic E-state index is 13.2. The van der Waals surface area contributed by atoms with E-state index >= 15 is 0 Å². The Bertz CT molecular complexity index is 1230. The van der Waals surface area contributed by atoms with Crippen LogP contribution < -0.4 is 9.47 Å². The quantitative estimate of drug-likeness (QED) is 0.515. The highest BCUT2D eigenvalue weighted by Gasteiger charge is 2.40. The number of carboxylic acids is 1. The molecule has 1 aliphatic heterocycles. The van der Waals surface area contributed by atoms with E-state index in [0.717, 1.165) is 11.1 Å². The first-order chi connectivity index (χ1) is 16.4. The summed E-state index contributed by atoms with van der Waals surface area (Å²) in [5.74, 6) is -0.580. The Morgan fingerprint density at radius 1 is 0.941 bits per heavy atom. The van der Waals surface area contributed by atoms with Crippen molar-refractivity contribution in [1.29, 1.82) is 0 Å². The van der Waals surface area contributed by atoms with Crippen molar-refractivity contribution in [1.82, 2.24) is 4.90 Å². The molecule has 1 aliphatic rings. The van der Waals surface area contributed by atoms with Gasteiger partial charge in [-0.05, 0) is 47.4 Å². The van der Waals surface area contributed by atoms with Gasteiger partial charge in [-0.3, -0.25) is 4.79 Å². The highest BCUT2D eigenvalue weighted by molar-refractivity contribution is 6.05. The zero-order valence-electron chi connectivity index (χ0n) is 18.9. The second kappa shape index (κ2) is 9.70. The monoisotopic (exact) mass is 459 g/mol. The van der Waals surface area contributed by atoms with Gasteiger partial charge in [0.25, 0.3) is 5.91 Å². The molecular formula is C27H25NO6. The molecule has 7 heteroatoms. The summed E-state index contributed by atoms with van der Waals surface area (Å²) in [7, 11) is 3.14. The minimum Gasteiger partial charge on any atom is -0.503 e. The van der Waals surface area contributed by atoms with E-state index in [4.69, 9.17) is 9.47 Å². The lowest BCUT2D eigenvalue weighted by Gasteiger charge is -2.27. The molecule has 2 N–H and O–H groups in total. The number of hydrogen-bond acceptors (Lipinski definition) is 5. The molecule has 0 saturated carbocycles. The van der Waals surface area contributed by atoms with Crippen molar-refractivity contribution in [3.05, 3.63) is 101 Å². The van der Waals surface area contributed by atoms with E-state index in [2.05, 4.69) is 0 Å². The molecule has 3 aromatic carbocycles. The van der Waals surface area contributed by atoms with Crippen molar-refractivity contribution in [2.75, 3.05) is 20.8 Å². The van der Waals surface area contributed by atoms with E-state index in [1.807, 2.05) is 48.5 Å². The van der Waals surface area contributed by atoms with E-state index in [0.29, 0.717) is 35.6 Å². The van der Waals surface area contributed by atoms with E-state index in [1.165, 1.54) is 12.1 Å². The highest BCUT2D eigenvalue weighted by Crippen LogP contribution is 2.43. The van der Waals surface area contributed by atoms with Gasteiger partial charge in [0.1, 0.15) is 0 Å². The number of hydrogen-bond donors (Lipinski definition) is 2. The van der Waals surface area contributed by atoms with Crippen LogP contribution in [0.25, 0.3) is 5.57 Å². The van der Waals surface area contributed by atoms with Gasteiger partial charge in [0.2, 0.25) is 0 Å². The topological polar surface area (TPSA) is 96.3 Å². The van der Waals surface area contributed by atoms with E-state index in [-0.39, 0.29) is 11.3 Å². The third kappa shape index (κ3) is 4.32. The Morgan fingerprint density at radius 2 is 1.62 bits per heavy atom. The first kappa shape index (κ1) is 22.9. The molecule has 34 heavy (non-hydrogen) atoms. The molecule has 0 aromatic heterocycles. The second-order valence-corrected chi connectivity index (χ2v) is 7.90. The van der Waals surface area contributed by atoms with Crippen LogP contribution in [0.3, 0.4) is 0 Å². The average molecular weight is 459 g/mol. The number of carbonyl (C=O) groups is 2. The average Bonchev–Trinajstić information content (AvgIpc) is 3.12. The molecule has 1 heterocycles. The lowest BCUT2D eigenvalue weighted by atomic mass is 9.93. The Kier molecular flexibility index (Phi) is 6.54. The summed E-state index contributed by atoms with van der Waals surface area (Å²) in [6.07, 6.45) is 0.519. The number of methoxy groups -OCH3 is 2. The van der Waals surface area contributed by atoms with E-state index < -0.39 is 17.9 Å². The normalized spacial score (nSPS) is 15.5. The smallest absolute Gasteiger partial charge is 0.335 e. The lowest BCUT2D eigenvalue weighted by Crippen LogP contribution is -2.32. The molecule has 0 bridgehead atoms. The van der Waals surface area contributed by atoms with Gasteiger partial charge in [-0.15, -0.1) is 0 Å². The van der Waals surface area contributed by atoms with Crippen molar-refractivity contribution in [3.8, 4) is 11.5 Å². The SMILES string of the molecule is COc1ccc(CCN2C(=O)C(O)=C(c3ccccc3)[C@H]2c2ccc(C(=O)O)cc2)cc1OC. The van der Waals surface area contributed by atoms with Crippen LogP contribution in [0.5, 0.6) is 11.5 Å².